The Morgan fingerprint density at radius 2 is 1.78 bits per heavy atom. The van der Waals surface area contributed by atoms with E-state index in [1.165, 1.54) is 24.4 Å². The van der Waals surface area contributed by atoms with Crippen molar-refractivity contribution >= 4 is 46.5 Å². The van der Waals surface area contributed by atoms with Crippen LogP contribution in [0.5, 0.6) is 5.75 Å². The summed E-state index contributed by atoms with van der Waals surface area (Å²) in [6, 6.07) is 6.05. The summed E-state index contributed by atoms with van der Waals surface area (Å²) in [4.78, 5) is 33.2. The van der Waals surface area contributed by atoms with E-state index in [1.807, 2.05) is 0 Å². The van der Waals surface area contributed by atoms with E-state index < -0.39 is 43.2 Å². The molecule has 1 aromatic carbocycles. The van der Waals surface area contributed by atoms with Crippen LogP contribution in [0.2, 0.25) is 10.0 Å². The molecule has 0 aliphatic carbocycles. The third-order valence-electron chi connectivity index (χ3n) is 7.25. The molecular weight excluding hydrogens is 579 g/mol. The molecule has 0 bridgehead atoms. The van der Waals surface area contributed by atoms with Gasteiger partial charge in [0.2, 0.25) is 12.2 Å². The van der Waals surface area contributed by atoms with Crippen molar-refractivity contribution in [1.82, 2.24) is 9.88 Å². The smallest absolute Gasteiger partial charge is 0.259 e. The molecule has 2 saturated heterocycles. The van der Waals surface area contributed by atoms with Crippen molar-refractivity contribution in [2.24, 2.45) is 5.92 Å². The number of hydrogen-bond acceptors (Lipinski definition) is 10. The normalized spacial score (nSPS) is 25.6. The minimum atomic E-state index is -1.73. The van der Waals surface area contributed by atoms with E-state index >= 15 is 0 Å². The molecule has 0 radical (unpaired) electrons. The number of carbonyl (C=O) groups is 2. The fourth-order valence-corrected chi connectivity index (χ4v) is 5.13. The number of aliphatic hydroxyl groups is 4. The topological polar surface area (TPSA) is 174 Å². The number of nitrogens with zero attached hydrogens (tertiary/aromatic N) is 2. The first-order valence-corrected chi connectivity index (χ1v) is 14.0. The van der Waals surface area contributed by atoms with Gasteiger partial charge in [0.1, 0.15) is 36.0 Å². The molecule has 4 rings (SSSR count). The first-order chi connectivity index (χ1) is 19.5. The van der Waals surface area contributed by atoms with Crippen LogP contribution >= 0.6 is 23.2 Å². The van der Waals surface area contributed by atoms with Crippen LogP contribution in [0.15, 0.2) is 30.5 Å². The lowest BCUT2D eigenvalue weighted by Crippen LogP contribution is -2.60. The Labute approximate surface area is 247 Å². The number of anilines is 2. The zero-order chi connectivity index (χ0) is 29.8. The molecular formula is C27H34Cl2N4O8. The van der Waals surface area contributed by atoms with Gasteiger partial charge in [-0.15, -0.1) is 0 Å². The van der Waals surface area contributed by atoms with Gasteiger partial charge >= 0.3 is 0 Å². The minimum Gasteiger partial charge on any atom is -0.460 e. The largest absolute Gasteiger partial charge is 0.460 e. The van der Waals surface area contributed by atoms with Crippen LogP contribution in [-0.4, -0.2) is 98.6 Å². The van der Waals surface area contributed by atoms with Crippen molar-refractivity contribution < 1.29 is 39.5 Å². The molecule has 12 nitrogen and oxygen atoms in total. The van der Waals surface area contributed by atoms with Crippen molar-refractivity contribution in [3.05, 3.63) is 46.1 Å². The number of hydrogen-bond donors (Lipinski definition) is 6. The van der Waals surface area contributed by atoms with E-state index in [0.29, 0.717) is 23.9 Å². The van der Waals surface area contributed by atoms with Crippen molar-refractivity contribution in [2.75, 3.05) is 30.3 Å². The summed E-state index contributed by atoms with van der Waals surface area (Å²) in [5.41, 5.74) is -0.115. The van der Waals surface area contributed by atoms with Gasteiger partial charge in [-0.25, -0.2) is 4.98 Å². The number of ether oxygens (including phenoxy) is 2. The highest BCUT2D eigenvalue weighted by Crippen LogP contribution is 2.37. The number of rotatable bonds is 8. The third kappa shape index (κ3) is 7.46. The van der Waals surface area contributed by atoms with Crippen molar-refractivity contribution in [2.45, 2.75) is 63.4 Å². The Morgan fingerprint density at radius 1 is 1.07 bits per heavy atom. The third-order valence-corrected chi connectivity index (χ3v) is 7.69. The Kier molecular flexibility index (Phi) is 10.4. The zero-order valence-electron chi connectivity index (χ0n) is 22.5. The zero-order valence-corrected chi connectivity index (χ0v) is 24.0. The SMILES string of the molecule is CC(C)N1CCC(C(=O)Nc2c(O[C@H]3O[C@H](CO)[C@@H](O)[C@H](O)[C@H]3O)cc(Cl)cc2C(=O)Nc2ccc(Cl)cn2)CC1. The number of amides is 2. The number of benzene rings is 1. The lowest BCUT2D eigenvalue weighted by Gasteiger charge is -2.39. The summed E-state index contributed by atoms with van der Waals surface area (Å²) >= 11 is 12.2. The Hall–Kier alpha value is -2.55. The highest BCUT2D eigenvalue weighted by molar-refractivity contribution is 6.32. The van der Waals surface area contributed by atoms with Crippen molar-refractivity contribution in [3.63, 3.8) is 0 Å². The summed E-state index contributed by atoms with van der Waals surface area (Å²) in [6.07, 6.45) is -5.27. The van der Waals surface area contributed by atoms with Crippen LogP contribution < -0.4 is 15.4 Å². The molecule has 41 heavy (non-hydrogen) atoms. The lowest BCUT2D eigenvalue weighted by atomic mass is 9.94. The molecule has 0 spiro atoms. The molecule has 5 atom stereocenters. The summed E-state index contributed by atoms with van der Waals surface area (Å²) < 4.78 is 11.3. The molecule has 2 amide bonds. The molecule has 224 valence electrons. The van der Waals surface area contributed by atoms with E-state index in [0.717, 1.165) is 13.1 Å². The molecule has 2 aromatic rings. The van der Waals surface area contributed by atoms with Crippen LogP contribution in [0, 0.1) is 5.92 Å². The molecule has 6 N–H and O–H groups in total. The highest BCUT2D eigenvalue weighted by atomic mass is 35.5. The molecule has 2 aliphatic rings. The van der Waals surface area contributed by atoms with E-state index in [2.05, 4.69) is 34.4 Å². The maximum Gasteiger partial charge on any atom is 0.259 e. The monoisotopic (exact) mass is 612 g/mol. The van der Waals surface area contributed by atoms with Gasteiger partial charge in [-0.1, -0.05) is 23.2 Å². The maximum absolute atomic E-state index is 13.4. The van der Waals surface area contributed by atoms with Gasteiger partial charge in [0, 0.05) is 29.2 Å². The van der Waals surface area contributed by atoms with Crippen molar-refractivity contribution in [1.29, 1.82) is 0 Å². The Balaban J connectivity index is 1.66. The standard InChI is InChI=1S/C27H34Cl2N4O8/c1-13(2)33-7-5-14(6-8-33)25(38)32-21-17(26(39)31-20-4-3-15(28)11-30-20)9-16(29)10-18(21)40-27-24(37)23(36)22(35)19(12-34)41-27/h3-4,9-11,13-14,19,22-24,27,34-37H,5-8,12H2,1-2H3,(H,32,38)(H,30,31,39)/t19-,22-,23+,24-,27+/m1/s1. The van der Waals surface area contributed by atoms with E-state index in [1.54, 1.807) is 6.07 Å². The van der Waals surface area contributed by atoms with Crippen LogP contribution in [0.1, 0.15) is 37.0 Å². The molecule has 0 unspecified atom stereocenters. The van der Waals surface area contributed by atoms with Crippen LogP contribution in [0.25, 0.3) is 0 Å². The van der Waals surface area contributed by atoms with Gasteiger partial charge < -0.3 is 45.4 Å². The maximum atomic E-state index is 13.4. The summed E-state index contributed by atoms with van der Waals surface area (Å²) in [6.45, 7) is 5.00. The molecule has 0 saturated carbocycles. The summed E-state index contributed by atoms with van der Waals surface area (Å²) in [7, 11) is 0. The first-order valence-electron chi connectivity index (χ1n) is 13.3. The minimum absolute atomic E-state index is 0.0471. The van der Waals surface area contributed by atoms with Gasteiger partial charge in [0.05, 0.1) is 22.9 Å². The van der Waals surface area contributed by atoms with E-state index in [4.69, 9.17) is 32.7 Å². The van der Waals surface area contributed by atoms with Gasteiger partial charge in [0.25, 0.3) is 5.91 Å². The molecule has 14 heteroatoms. The molecule has 2 aliphatic heterocycles. The van der Waals surface area contributed by atoms with Crippen LogP contribution in [-0.2, 0) is 9.53 Å². The predicted octanol–water partition coefficient (Wildman–Crippen LogP) is 1.88. The number of aromatic nitrogens is 1. The van der Waals surface area contributed by atoms with Crippen molar-refractivity contribution in [3.8, 4) is 5.75 Å². The fraction of sp³-hybridized carbons (Fsp3) is 0.519. The highest BCUT2D eigenvalue weighted by Gasteiger charge is 2.45. The lowest BCUT2D eigenvalue weighted by molar-refractivity contribution is -0.277. The average Bonchev–Trinajstić information content (AvgIpc) is 2.95. The Bertz CT molecular complexity index is 1220. The van der Waals surface area contributed by atoms with Crippen LogP contribution in [0.4, 0.5) is 11.5 Å². The van der Waals surface area contributed by atoms with Gasteiger partial charge in [-0.05, 0) is 58.0 Å². The first kappa shape index (κ1) is 31.4. The fourth-order valence-electron chi connectivity index (χ4n) is 4.81. The number of aliphatic hydroxyl groups excluding tert-OH is 4. The second-order valence-corrected chi connectivity index (χ2v) is 11.2. The van der Waals surface area contributed by atoms with Gasteiger partial charge in [0.15, 0.2) is 0 Å². The number of likely N-dealkylation sites (tertiary alicyclic amines) is 1. The van der Waals surface area contributed by atoms with Gasteiger partial charge in [-0.3, -0.25) is 9.59 Å². The van der Waals surface area contributed by atoms with Gasteiger partial charge in [-0.2, -0.15) is 0 Å². The number of carbonyl (C=O) groups excluding carboxylic acids is 2. The molecule has 1 aromatic heterocycles. The predicted molar refractivity (Wildman–Crippen MR) is 151 cm³/mol. The quantitative estimate of drug-likeness (QED) is 0.258. The van der Waals surface area contributed by atoms with E-state index in [9.17, 15) is 30.0 Å². The number of halogens is 2. The number of pyridine rings is 1. The number of nitrogens with one attached hydrogen (secondary N) is 2. The summed E-state index contributed by atoms with van der Waals surface area (Å²) in [5.74, 6) is -1.30. The second kappa shape index (κ2) is 13.6. The molecule has 3 heterocycles. The Morgan fingerprint density at radius 3 is 2.39 bits per heavy atom. The molecule has 2 fully saturated rings. The number of piperidine rings is 1. The average molecular weight is 613 g/mol. The second-order valence-electron chi connectivity index (χ2n) is 10.4. The van der Waals surface area contributed by atoms with E-state index in [-0.39, 0.29) is 39.7 Å². The van der Waals surface area contributed by atoms with Crippen LogP contribution in [0.3, 0.4) is 0 Å². The summed E-state index contributed by atoms with van der Waals surface area (Å²) in [5, 5.41) is 46.3.